The molecule has 1 aliphatic carbocycles. The lowest BCUT2D eigenvalue weighted by Crippen LogP contribution is -2.24. The average molecular weight is 775 g/mol. The molecule has 0 atom stereocenters. The van der Waals surface area contributed by atoms with Crippen LogP contribution in [0.4, 0.5) is 34.1 Å². The SMILES string of the molecule is Cc1ccc(N(c2ccc(C)cc2)c2ccc3c4c(cccc24)C(C)(C)c2cc4c(cc2-3)oc2cc(N(c3ccc(C)cc3)c3ccc(C)cc3)c3ccccc3c24)cc1. The Morgan fingerprint density at radius 2 is 0.867 bits per heavy atom. The summed E-state index contributed by atoms with van der Waals surface area (Å²) in [5.41, 5.74) is 18.3. The van der Waals surface area contributed by atoms with Crippen molar-refractivity contribution in [2.45, 2.75) is 47.0 Å². The van der Waals surface area contributed by atoms with Gasteiger partial charge in [-0.05, 0) is 127 Å². The highest BCUT2D eigenvalue weighted by Gasteiger charge is 2.35. The van der Waals surface area contributed by atoms with Crippen LogP contribution in [0.3, 0.4) is 0 Å². The molecule has 0 unspecified atom stereocenters. The van der Waals surface area contributed by atoms with Crippen molar-refractivity contribution >= 4 is 77.6 Å². The summed E-state index contributed by atoms with van der Waals surface area (Å²) in [6.45, 7) is 13.3. The van der Waals surface area contributed by atoms with Gasteiger partial charge in [0.25, 0.3) is 0 Å². The molecule has 0 saturated carbocycles. The summed E-state index contributed by atoms with van der Waals surface area (Å²) in [5, 5.41) is 7.20. The Bertz CT molecular complexity index is 3210. The molecule has 1 aliphatic rings. The summed E-state index contributed by atoms with van der Waals surface area (Å²) in [6.07, 6.45) is 0. The van der Waals surface area contributed by atoms with E-state index in [2.05, 4.69) is 221 Å². The maximum absolute atomic E-state index is 7.04. The molecular formula is C57H46N2O. The van der Waals surface area contributed by atoms with Gasteiger partial charge >= 0.3 is 0 Å². The molecule has 0 bridgehead atoms. The average Bonchev–Trinajstić information content (AvgIpc) is 3.63. The highest BCUT2D eigenvalue weighted by molar-refractivity contribution is 6.23. The summed E-state index contributed by atoms with van der Waals surface area (Å²) in [7, 11) is 0. The predicted molar refractivity (Wildman–Crippen MR) is 255 cm³/mol. The van der Waals surface area contributed by atoms with Gasteiger partial charge in [-0.1, -0.05) is 133 Å². The maximum Gasteiger partial charge on any atom is 0.138 e. The highest BCUT2D eigenvalue weighted by atomic mass is 16.3. The number of benzene rings is 9. The van der Waals surface area contributed by atoms with E-state index in [0.717, 1.165) is 56.1 Å². The smallest absolute Gasteiger partial charge is 0.138 e. The zero-order chi connectivity index (χ0) is 40.9. The van der Waals surface area contributed by atoms with E-state index in [9.17, 15) is 0 Å². The topological polar surface area (TPSA) is 19.6 Å². The van der Waals surface area contributed by atoms with Crippen molar-refractivity contribution in [3.05, 3.63) is 203 Å². The number of anilines is 6. The van der Waals surface area contributed by atoms with Gasteiger partial charge in [0.05, 0.1) is 11.4 Å². The molecule has 60 heavy (non-hydrogen) atoms. The standard InChI is InChI=1S/C57H46N2O/c1-35-14-22-39(23-15-35)58(40-24-16-36(2)17-25-40)51-31-30-45-47-33-53-48(32-50(47)57(5,6)49-13-9-12-46(51)55(45)49)56-44-11-8-7-10-43(44)52(34-54(56)60-53)59(41-26-18-37(3)19-27-41)42-28-20-38(4)21-29-42/h7-34H,1-6H3. The molecule has 3 heteroatoms. The fourth-order valence-electron chi connectivity index (χ4n) is 9.70. The molecule has 0 saturated heterocycles. The van der Waals surface area contributed by atoms with Crippen LogP contribution in [-0.2, 0) is 5.41 Å². The monoisotopic (exact) mass is 774 g/mol. The molecule has 11 rings (SSSR count). The van der Waals surface area contributed by atoms with Crippen molar-refractivity contribution in [2.24, 2.45) is 0 Å². The molecule has 0 radical (unpaired) electrons. The van der Waals surface area contributed by atoms with Crippen molar-refractivity contribution < 1.29 is 4.42 Å². The van der Waals surface area contributed by atoms with Crippen molar-refractivity contribution in [3.63, 3.8) is 0 Å². The van der Waals surface area contributed by atoms with Crippen LogP contribution < -0.4 is 9.80 Å². The number of furan rings is 1. The molecule has 0 amide bonds. The van der Waals surface area contributed by atoms with Crippen LogP contribution in [0.2, 0.25) is 0 Å². The molecule has 9 aromatic carbocycles. The van der Waals surface area contributed by atoms with Gasteiger partial charge in [-0.2, -0.15) is 0 Å². The van der Waals surface area contributed by atoms with Crippen molar-refractivity contribution in [2.75, 3.05) is 9.80 Å². The third kappa shape index (κ3) is 5.57. The minimum Gasteiger partial charge on any atom is -0.456 e. The zero-order valence-corrected chi connectivity index (χ0v) is 35.0. The Balaban J connectivity index is 1.14. The van der Waals surface area contributed by atoms with E-state index in [1.54, 1.807) is 0 Å². The van der Waals surface area contributed by atoms with Crippen LogP contribution in [0.1, 0.15) is 47.2 Å². The van der Waals surface area contributed by atoms with Crippen LogP contribution in [0.15, 0.2) is 174 Å². The largest absolute Gasteiger partial charge is 0.456 e. The summed E-state index contributed by atoms with van der Waals surface area (Å²) in [5.74, 6) is 0. The van der Waals surface area contributed by atoms with Crippen LogP contribution in [0.25, 0.3) is 54.6 Å². The van der Waals surface area contributed by atoms with Gasteiger partial charge in [-0.25, -0.2) is 0 Å². The van der Waals surface area contributed by atoms with Crippen molar-refractivity contribution in [3.8, 4) is 11.1 Å². The number of rotatable bonds is 6. The summed E-state index contributed by atoms with van der Waals surface area (Å²) in [4.78, 5) is 4.78. The van der Waals surface area contributed by atoms with Gasteiger partial charge < -0.3 is 14.2 Å². The van der Waals surface area contributed by atoms with Crippen LogP contribution in [0.5, 0.6) is 0 Å². The maximum atomic E-state index is 7.04. The van der Waals surface area contributed by atoms with Gasteiger partial charge in [0.1, 0.15) is 11.2 Å². The number of aryl methyl sites for hydroxylation is 4. The van der Waals surface area contributed by atoms with Gasteiger partial charge in [-0.3, -0.25) is 0 Å². The normalized spacial score (nSPS) is 13.0. The second-order valence-corrected chi connectivity index (χ2v) is 17.3. The van der Waals surface area contributed by atoms with Crippen LogP contribution in [-0.4, -0.2) is 0 Å². The third-order valence-electron chi connectivity index (χ3n) is 12.9. The first-order valence-electron chi connectivity index (χ1n) is 21.0. The molecular weight excluding hydrogens is 729 g/mol. The Labute approximate surface area is 351 Å². The van der Waals surface area contributed by atoms with Crippen molar-refractivity contribution in [1.29, 1.82) is 0 Å². The van der Waals surface area contributed by atoms with Gasteiger partial charge in [0.2, 0.25) is 0 Å². The Kier molecular flexibility index (Phi) is 8.09. The van der Waals surface area contributed by atoms with E-state index in [0.29, 0.717) is 0 Å². The molecule has 0 N–H and O–H groups in total. The number of hydrogen-bond donors (Lipinski definition) is 0. The first-order valence-corrected chi connectivity index (χ1v) is 21.0. The number of fused-ring (bicyclic) bond motifs is 7. The molecule has 3 nitrogen and oxygen atoms in total. The minimum absolute atomic E-state index is 0.278. The van der Waals surface area contributed by atoms with Gasteiger partial charge in [0, 0.05) is 55.8 Å². The molecule has 1 heterocycles. The highest BCUT2D eigenvalue weighted by Crippen LogP contribution is 2.54. The zero-order valence-electron chi connectivity index (χ0n) is 35.0. The first kappa shape index (κ1) is 36.0. The Hall–Kier alpha value is -7.10. The van der Waals surface area contributed by atoms with E-state index >= 15 is 0 Å². The van der Waals surface area contributed by atoms with Gasteiger partial charge in [0.15, 0.2) is 0 Å². The quantitative estimate of drug-likeness (QED) is 0.168. The third-order valence-corrected chi connectivity index (χ3v) is 12.9. The molecule has 0 fully saturated rings. The van der Waals surface area contributed by atoms with Crippen LogP contribution in [0, 0.1) is 27.7 Å². The van der Waals surface area contributed by atoms with Crippen molar-refractivity contribution in [1.82, 2.24) is 0 Å². The number of hydrogen-bond acceptors (Lipinski definition) is 3. The fraction of sp³-hybridized carbons (Fsp3) is 0.123. The first-order chi connectivity index (χ1) is 29.1. The summed E-state index contributed by atoms with van der Waals surface area (Å²) >= 11 is 0. The van der Waals surface area contributed by atoms with E-state index < -0.39 is 0 Å². The van der Waals surface area contributed by atoms with E-state index in [-0.39, 0.29) is 5.41 Å². The minimum atomic E-state index is -0.278. The van der Waals surface area contributed by atoms with E-state index in [1.807, 2.05) is 0 Å². The molecule has 0 spiro atoms. The lowest BCUT2D eigenvalue weighted by atomic mass is 9.68. The second-order valence-electron chi connectivity index (χ2n) is 17.3. The molecule has 1 aromatic heterocycles. The number of nitrogens with zero attached hydrogens (tertiary/aromatic N) is 2. The molecule has 0 aliphatic heterocycles. The van der Waals surface area contributed by atoms with E-state index in [4.69, 9.17) is 4.42 Å². The van der Waals surface area contributed by atoms with Gasteiger partial charge in [-0.15, -0.1) is 0 Å². The summed E-state index contributed by atoms with van der Waals surface area (Å²) in [6, 6.07) is 62.7. The van der Waals surface area contributed by atoms with E-state index in [1.165, 1.54) is 66.1 Å². The Morgan fingerprint density at radius 3 is 1.42 bits per heavy atom. The Morgan fingerprint density at radius 1 is 0.367 bits per heavy atom. The van der Waals surface area contributed by atoms with Crippen LogP contribution >= 0.6 is 0 Å². The molecule has 290 valence electrons. The fourth-order valence-corrected chi connectivity index (χ4v) is 9.70. The molecule has 10 aromatic rings. The predicted octanol–water partition coefficient (Wildman–Crippen LogP) is 16.4. The second kappa shape index (κ2) is 13.5. The lowest BCUT2D eigenvalue weighted by molar-refractivity contribution is 0.643. The lowest BCUT2D eigenvalue weighted by Gasteiger charge is -2.36. The summed E-state index contributed by atoms with van der Waals surface area (Å²) < 4.78 is 7.04.